The number of rotatable bonds is 7. The van der Waals surface area contributed by atoms with E-state index in [4.69, 9.17) is 22.1 Å². The van der Waals surface area contributed by atoms with Crippen molar-refractivity contribution < 1.29 is 27.9 Å². The van der Waals surface area contributed by atoms with Crippen molar-refractivity contribution in [3.63, 3.8) is 0 Å². The number of thioether (sulfide) groups is 1. The highest BCUT2D eigenvalue weighted by Crippen LogP contribution is 2.32. The van der Waals surface area contributed by atoms with Gasteiger partial charge in [0.25, 0.3) is 15.9 Å². The van der Waals surface area contributed by atoms with E-state index in [0.717, 1.165) is 22.3 Å². The van der Waals surface area contributed by atoms with Gasteiger partial charge in [0.2, 0.25) is 0 Å². The Morgan fingerprint density at radius 1 is 1.19 bits per heavy atom. The number of hydrogen-bond acceptors (Lipinski definition) is 7. The zero-order chi connectivity index (χ0) is 22.8. The lowest BCUT2D eigenvalue weighted by Gasteiger charge is -2.16. The first-order valence-electron chi connectivity index (χ1n) is 8.93. The van der Waals surface area contributed by atoms with Crippen LogP contribution in [0.5, 0.6) is 5.75 Å². The Kier molecular flexibility index (Phi) is 6.80. The number of benzene rings is 2. The van der Waals surface area contributed by atoms with E-state index in [-0.39, 0.29) is 14.1 Å². The molecule has 1 unspecified atom stereocenters. The van der Waals surface area contributed by atoms with Crippen LogP contribution in [-0.4, -0.2) is 40.8 Å². The summed E-state index contributed by atoms with van der Waals surface area (Å²) in [6.45, 7) is 3.25. The minimum atomic E-state index is -3.98. The second-order valence-corrected chi connectivity index (χ2v) is 9.93. The molecule has 3 rings (SSSR count). The van der Waals surface area contributed by atoms with Crippen LogP contribution in [0.2, 0.25) is 0 Å². The molecule has 1 fully saturated rings. The van der Waals surface area contributed by atoms with Crippen LogP contribution in [0, 0.1) is 6.92 Å². The van der Waals surface area contributed by atoms with Gasteiger partial charge in [0.1, 0.15) is 5.75 Å². The number of thiocarbonyl (C=S) groups is 1. The molecule has 0 spiro atoms. The van der Waals surface area contributed by atoms with Gasteiger partial charge in [-0.25, -0.2) is 18.2 Å². The first-order chi connectivity index (χ1) is 14.6. The van der Waals surface area contributed by atoms with E-state index in [9.17, 15) is 18.0 Å². The van der Waals surface area contributed by atoms with Gasteiger partial charge in [-0.1, -0.05) is 53.8 Å². The second kappa shape index (κ2) is 9.18. The molecule has 8 nitrogen and oxygen atoms in total. The normalized spacial score (nSPS) is 16.6. The second-order valence-electron chi connectivity index (χ2n) is 6.59. The first-order valence-corrected chi connectivity index (χ1v) is 11.6. The number of carbonyl (C=O) groups is 2. The quantitative estimate of drug-likeness (QED) is 0.461. The number of amides is 1. The predicted octanol–water partition coefficient (Wildman–Crippen LogP) is 2.94. The number of nitrogens with one attached hydrogen (secondary N) is 1. The molecule has 31 heavy (non-hydrogen) atoms. The maximum atomic E-state index is 12.7. The molecule has 1 aliphatic rings. The van der Waals surface area contributed by atoms with Crippen molar-refractivity contribution in [2.24, 2.45) is 0 Å². The third-order valence-corrected chi connectivity index (χ3v) is 6.79. The summed E-state index contributed by atoms with van der Waals surface area (Å²) in [5.74, 6) is -1.31. The molecule has 1 heterocycles. The summed E-state index contributed by atoms with van der Waals surface area (Å²) in [6.07, 6.45) is 0.563. The standard InChI is InChI=1S/C20H18N2O6S3/c1-12-3-9-16(10-4-12)31(26,27)21-22-18(23)17(30-20(22)29)11-14-5-7-15(8-6-14)28-13(2)19(24)25/h3-11,13,21H,1-2H3,(H,24,25)/b17-11+. The topological polar surface area (TPSA) is 113 Å². The van der Waals surface area contributed by atoms with Gasteiger partial charge in [0.05, 0.1) is 9.80 Å². The molecular weight excluding hydrogens is 460 g/mol. The predicted molar refractivity (Wildman–Crippen MR) is 121 cm³/mol. The number of aryl methyl sites for hydroxylation is 1. The summed E-state index contributed by atoms with van der Waals surface area (Å²) in [7, 11) is -3.98. The van der Waals surface area contributed by atoms with E-state index >= 15 is 0 Å². The van der Waals surface area contributed by atoms with Crippen molar-refractivity contribution in [2.75, 3.05) is 0 Å². The fourth-order valence-corrected chi connectivity index (χ4v) is 4.79. The van der Waals surface area contributed by atoms with E-state index < -0.39 is 28.0 Å². The molecule has 0 radical (unpaired) electrons. The fourth-order valence-electron chi connectivity index (χ4n) is 2.49. The van der Waals surface area contributed by atoms with Gasteiger partial charge < -0.3 is 9.84 Å². The molecule has 2 aromatic rings. The molecular formula is C20H18N2O6S3. The minimum Gasteiger partial charge on any atom is -0.479 e. The lowest BCUT2D eigenvalue weighted by Crippen LogP contribution is -2.44. The van der Waals surface area contributed by atoms with E-state index in [1.54, 1.807) is 42.5 Å². The van der Waals surface area contributed by atoms with Gasteiger partial charge in [0.15, 0.2) is 10.4 Å². The summed E-state index contributed by atoms with van der Waals surface area (Å²) in [4.78, 5) is 26.0. The van der Waals surface area contributed by atoms with Crippen LogP contribution < -0.4 is 9.57 Å². The van der Waals surface area contributed by atoms with Crippen molar-refractivity contribution in [2.45, 2.75) is 24.8 Å². The molecule has 0 aliphatic carbocycles. The molecule has 1 saturated heterocycles. The van der Waals surface area contributed by atoms with Crippen molar-refractivity contribution >= 4 is 56.3 Å². The maximum absolute atomic E-state index is 12.7. The number of ether oxygens (including phenoxy) is 1. The lowest BCUT2D eigenvalue weighted by molar-refractivity contribution is -0.144. The molecule has 0 saturated carbocycles. The van der Waals surface area contributed by atoms with Crippen LogP contribution in [0.25, 0.3) is 6.08 Å². The minimum absolute atomic E-state index is 0.0160. The molecule has 2 N–H and O–H groups in total. The number of sulfonamides is 1. The molecule has 2 aromatic carbocycles. The van der Waals surface area contributed by atoms with Gasteiger partial charge in [-0.2, -0.15) is 0 Å². The summed E-state index contributed by atoms with van der Waals surface area (Å²) >= 11 is 6.13. The van der Waals surface area contributed by atoms with Crippen molar-refractivity contribution in [3.05, 3.63) is 64.6 Å². The van der Waals surface area contributed by atoms with Gasteiger partial charge in [-0.15, -0.1) is 4.83 Å². The highest BCUT2D eigenvalue weighted by molar-refractivity contribution is 8.26. The number of carboxylic acids is 1. The Balaban J connectivity index is 1.74. The third-order valence-electron chi connectivity index (χ3n) is 4.17. The molecule has 162 valence electrons. The van der Waals surface area contributed by atoms with Crippen LogP contribution >= 0.6 is 24.0 Å². The molecule has 0 aromatic heterocycles. The van der Waals surface area contributed by atoms with Crippen LogP contribution in [0.15, 0.2) is 58.3 Å². The van der Waals surface area contributed by atoms with E-state index in [0.29, 0.717) is 11.3 Å². The van der Waals surface area contributed by atoms with Gasteiger partial charge in [-0.3, -0.25) is 4.79 Å². The monoisotopic (exact) mass is 478 g/mol. The molecule has 1 aliphatic heterocycles. The highest BCUT2D eigenvalue weighted by Gasteiger charge is 2.35. The van der Waals surface area contributed by atoms with Gasteiger partial charge in [0, 0.05) is 0 Å². The zero-order valence-electron chi connectivity index (χ0n) is 16.4. The van der Waals surface area contributed by atoms with Crippen LogP contribution in [0.3, 0.4) is 0 Å². The summed E-state index contributed by atoms with van der Waals surface area (Å²) in [6, 6.07) is 12.6. The highest BCUT2D eigenvalue weighted by atomic mass is 32.2. The maximum Gasteiger partial charge on any atom is 0.344 e. The zero-order valence-corrected chi connectivity index (χ0v) is 18.9. The third kappa shape index (κ3) is 5.50. The number of carboxylic acid groups (broad SMARTS) is 1. The first kappa shape index (κ1) is 22.9. The Morgan fingerprint density at radius 2 is 1.81 bits per heavy atom. The SMILES string of the molecule is Cc1ccc(S(=O)(=O)NN2C(=O)/C(=C\c3ccc(OC(C)C(=O)O)cc3)SC2=S)cc1. The van der Waals surface area contributed by atoms with Crippen LogP contribution in [0.1, 0.15) is 18.1 Å². The van der Waals surface area contributed by atoms with Crippen molar-refractivity contribution in [1.29, 1.82) is 0 Å². The Hall–Kier alpha value is -2.73. The average molecular weight is 479 g/mol. The van der Waals surface area contributed by atoms with Crippen LogP contribution in [-0.2, 0) is 19.6 Å². The Morgan fingerprint density at radius 3 is 2.39 bits per heavy atom. The summed E-state index contributed by atoms with van der Waals surface area (Å²) < 4.78 is 30.5. The largest absolute Gasteiger partial charge is 0.479 e. The van der Waals surface area contributed by atoms with E-state index in [1.165, 1.54) is 19.1 Å². The molecule has 11 heteroatoms. The molecule has 0 bridgehead atoms. The number of nitrogens with zero attached hydrogens (tertiary/aromatic N) is 1. The fraction of sp³-hybridized carbons (Fsp3) is 0.150. The van der Waals surface area contributed by atoms with Gasteiger partial charge >= 0.3 is 5.97 Å². The number of carbonyl (C=O) groups excluding carboxylic acids is 1. The lowest BCUT2D eigenvalue weighted by atomic mass is 10.2. The Labute approximate surface area is 188 Å². The number of hydrogen-bond donors (Lipinski definition) is 2. The molecule has 1 atom stereocenters. The molecule has 1 amide bonds. The summed E-state index contributed by atoms with van der Waals surface area (Å²) in [5, 5.41) is 9.72. The summed E-state index contributed by atoms with van der Waals surface area (Å²) in [5.41, 5.74) is 1.54. The van der Waals surface area contributed by atoms with Gasteiger partial charge in [-0.05, 0) is 49.8 Å². The Bertz CT molecular complexity index is 1160. The van der Waals surface area contributed by atoms with Crippen LogP contribution in [0.4, 0.5) is 0 Å². The van der Waals surface area contributed by atoms with E-state index in [2.05, 4.69) is 4.83 Å². The number of hydrazine groups is 1. The average Bonchev–Trinajstić information content (AvgIpc) is 2.96. The van der Waals surface area contributed by atoms with E-state index in [1.807, 2.05) is 6.92 Å². The number of aliphatic carboxylic acids is 1. The van der Waals surface area contributed by atoms with Crippen molar-refractivity contribution in [3.8, 4) is 5.75 Å². The van der Waals surface area contributed by atoms with Crippen molar-refractivity contribution in [1.82, 2.24) is 9.84 Å². The smallest absolute Gasteiger partial charge is 0.344 e.